The fraction of sp³-hybridized carbons (Fsp3) is 0.556. The Labute approximate surface area is 72.1 Å². The molecule has 0 aliphatic carbocycles. The Morgan fingerprint density at radius 2 is 2.42 bits per heavy atom. The molecule has 0 unspecified atom stereocenters. The van der Waals surface area contributed by atoms with E-state index in [1.165, 1.54) is 5.56 Å². The van der Waals surface area contributed by atoms with Crippen molar-refractivity contribution >= 4 is 0 Å². The molecule has 0 atom stereocenters. The van der Waals surface area contributed by atoms with E-state index in [1.807, 2.05) is 12.4 Å². The zero-order valence-corrected chi connectivity index (χ0v) is 7.26. The molecule has 3 nitrogen and oxygen atoms in total. The van der Waals surface area contributed by atoms with E-state index >= 15 is 0 Å². The number of aromatic amines is 1. The van der Waals surface area contributed by atoms with Gasteiger partial charge in [-0.05, 0) is 11.6 Å². The predicted molar refractivity (Wildman–Crippen MR) is 47.1 cm³/mol. The first-order chi connectivity index (χ1) is 5.85. The van der Waals surface area contributed by atoms with Gasteiger partial charge in [0.25, 0.3) is 0 Å². The lowest BCUT2D eigenvalue weighted by Crippen LogP contribution is -2.61. The first kappa shape index (κ1) is 7.83. The zero-order valence-electron chi connectivity index (χ0n) is 7.26. The Kier molecular flexibility index (Phi) is 1.90. The summed E-state index contributed by atoms with van der Waals surface area (Å²) in [5, 5.41) is 3.23. The van der Waals surface area contributed by atoms with Gasteiger partial charge in [-0.15, -0.1) is 0 Å². The van der Waals surface area contributed by atoms with Crippen molar-refractivity contribution in [2.75, 3.05) is 20.2 Å². The molecule has 0 spiro atoms. The smallest absolute Gasteiger partial charge is 0.0966 e. The Balaban J connectivity index is 2.01. The van der Waals surface area contributed by atoms with Crippen LogP contribution in [0.2, 0.25) is 0 Å². The maximum absolute atomic E-state index is 5.47. The van der Waals surface area contributed by atoms with E-state index in [1.54, 1.807) is 7.11 Å². The van der Waals surface area contributed by atoms with Crippen molar-refractivity contribution in [2.45, 2.75) is 12.0 Å². The Hall–Kier alpha value is -0.800. The molecule has 2 rings (SSSR count). The van der Waals surface area contributed by atoms with E-state index in [-0.39, 0.29) is 5.60 Å². The van der Waals surface area contributed by atoms with Crippen LogP contribution in [0.3, 0.4) is 0 Å². The fourth-order valence-corrected chi connectivity index (χ4v) is 1.59. The monoisotopic (exact) mass is 166 g/mol. The number of methoxy groups -OCH3 is 1. The lowest BCUT2D eigenvalue weighted by Gasteiger charge is -2.41. The summed E-state index contributed by atoms with van der Waals surface area (Å²) in [5.74, 6) is 0. The van der Waals surface area contributed by atoms with Crippen LogP contribution >= 0.6 is 0 Å². The number of hydrogen-bond donors (Lipinski definition) is 2. The summed E-state index contributed by atoms with van der Waals surface area (Å²) in [6.07, 6.45) is 4.98. The molecule has 1 saturated heterocycles. The lowest BCUT2D eigenvalue weighted by molar-refractivity contribution is -0.0502. The minimum atomic E-state index is 0.0577. The number of hydrogen-bond acceptors (Lipinski definition) is 2. The largest absolute Gasteiger partial charge is 0.375 e. The van der Waals surface area contributed by atoms with E-state index < -0.39 is 0 Å². The highest BCUT2D eigenvalue weighted by atomic mass is 16.5. The molecule has 66 valence electrons. The summed E-state index contributed by atoms with van der Waals surface area (Å²) in [7, 11) is 1.79. The van der Waals surface area contributed by atoms with Gasteiger partial charge >= 0.3 is 0 Å². The molecule has 2 N–H and O–H groups in total. The molecule has 1 aliphatic rings. The molecular weight excluding hydrogens is 152 g/mol. The SMILES string of the molecule is COC1(Cc2cc[nH]c2)CNC1. The predicted octanol–water partition coefficient (Wildman–Crippen LogP) is 0.546. The third-order valence-electron chi connectivity index (χ3n) is 2.52. The molecule has 3 heteroatoms. The van der Waals surface area contributed by atoms with Crippen LogP contribution in [0.1, 0.15) is 5.56 Å². The Morgan fingerprint density at radius 3 is 2.83 bits per heavy atom. The standard InChI is InChI=1S/C9H14N2O/c1-12-9(6-11-7-9)4-8-2-3-10-5-8/h2-3,5,10-11H,4,6-7H2,1H3. The van der Waals surface area contributed by atoms with Crippen LogP contribution in [0.5, 0.6) is 0 Å². The Morgan fingerprint density at radius 1 is 1.58 bits per heavy atom. The molecule has 0 aromatic carbocycles. The lowest BCUT2D eigenvalue weighted by atomic mass is 9.90. The average molecular weight is 166 g/mol. The van der Waals surface area contributed by atoms with E-state index in [0.29, 0.717) is 0 Å². The highest BCUT2D eigenvalue weighted by Gasteiger charge is 2.36. The van der Waals surface area contributed by atoms with Gasteiger partial charge < -0.3 is 15.0 Å². The maximum atomic E-state index is 5.47. The second kappa shape index (κ2) is 2.92. The van der Waals surface area contributed by atoms with Crippen LogP contribution in [0.15, 0.2) is 18.5 Å². The van der Waals surface area contributed by atoms with Gasteiger partial charge in [-0.25, -0.2) is 0 Å². The second-order valence-electron chi connectivity index (χ2n) is 3.39. The summed E-state index contributed by atoms with van der Waals surface area (Å²) < 4.78 is 5.47. The topological polar surface area (TPSA) is 37.0 Å². The van der Waals surface area contributed by atoms with Crippen LogP contribution < -0.4 is 5.32 Å². The molecule has 0 bridgehead atoms. The molecule has 1 aromatic rings. The van der Waals surface area contributed by atoms with Gasteiger partial charge in [0, 0.05) is 39.0 Å². The van der Waals surface area contributed by atoms with Gasteiger partial charge in [-0.1, -0.05) is 0 Å². The highest BCUT2D eigenvalue weighted by molar-refractivity contribution is 5.14. The number of aromatic nitrogens is 1. The van der Waals surface area contributed by atoms with Gasteiger partial charge in [0.05, 0.1) is 5.60 Å². The quantitative estimate of drug-likeness (QED) is 0.688. The van der Waals surface area contributed by atoms with Crippen LogP contribution in [0, 0.1) is 0 Å². The van der Waals surface area contributed by atoms with Crippen molar-refractivity contribution in [1.82, 2.24) is 10.3 Å². The Bertz CT molecular complexity index is 234. The van der Waals surface area contributed by atoms with E-state index in [2.05, 4.69) is 16.4 Å². The van der Waals surface area contributed by atoms with Crippen LogP contribution in [0.4, 0.5) is 0 Å². The minimum Gasteiger partial charge on any atom is -0.375 e. The van der Waals surface area contributed by atoms with Crippen LogP contribution in [-0.2, 0) is 11.2 Å². The number of H-pyrrole nitrogens is 1. The molecule has 2 heterocycles. The summed E-state index contributed by atoms with van der Waals surface area (Å²) in [5.41, 5.74) is 1.38. The summed E-state index contributed by atoms with van der Waals surface area (Å²) in [6, 6.07) is 2.10. The van der Waals surface area contributed by atoms with E-state index in [9.17, 15) is 0 Å². The number of ether oxygens (including phenoxy) is 1. The van der Waals surface area contributed by atoms with Crippen molar-refractivity contribution in [3.63, 3.8) is 0 Å². The summed E-state index contributed by atoms with van der Waals surface area (Å²) in [4.78, 5) is 3.05. The van der Waals surface area contributed by atoms with Crippen molar-refractivity contribution < 1.29 is 4.74 Å². The minimum absolute atomic E-state index is 0.0577. The number of rotatable bonds is 3. The number of nitrogens with one attached hydrogen (secondary N) is 2. The van der Waals surface area contributed by atoms with Crippen molar-refractivity contribution in [2.24, 2.45) is 0 Å². The van der Waals surface area contributed by atoms with Crippen LogP contribution in [0.25, 0.3) is 0 Å². The van der Waals surface area contributed by atoms with Gasteiger partial charge in [0.1, 0.15) is 0 Å². The van der Waals surface area contributed by atoms with E-state index in [4.69, 9.17) is 4.74 Å². The molecule has 1 fully saturated rings. The van der Waals surface area contributed by atoms with Gasteiger partial charge in [-0.2, -0.15) is 0 Å². The first-order valence-corrected chi connectivity index (χ1v) is 4.22. The molecule has 1 aliphatic heterocycles. The second-order valence-corrected chi connectivity index (χ2v) is 3.39. The van der Waals surface area contributed by atoms with Crippen molar-refractivity contribution in [1.29, 1.82) is 0 Å². The average Bonchev–Trinajstić information content (AvgIpc) is 2.49. The first-order valence-electron chi connectivity index (χ1n) is 4.22. The molecule has 0 saturated carbocycles. The third kappa shape index (κ3) is 1.26. The molecular formula is C9H14N2O. The van der Waals surface area contributed by atoms with Gasteiger partial charge in [0.15, 0.2) is 0 Å². The summed E-state index contributed by atoms with van der Waals surface area (Å²) in [6.45, 7) is 1.93. The zero-order chi connectivity index (χ0) is 8.44. The van der Waals surface area contributed by atoms with Crippen molar-refractivity contribution in [3.05, 3.63) is 24.0 Å². The normalized spacial score (nSPS) is 20.4. The molecule has 12 heavy (non-hydrogen) atoms. The summed E-state index contributed by atoms with van der Waals surface area (Å²) >= 11 is 0. The molecule has 0 amide bonds. The maximum Gasteiger partial charge on any atom is 0.0966 e. The van der Waals surface area contributed by atoms with Gasteiger partial charge in [-0.3, -0.25) is 0 Å². The highest BCUT2D eigenvalue weighted by Crippen LogP contribution is 2.21. The molecule has 0 radical (unpaired) electrons. The van der Waals surface area contributed by atoms with E-state index in [0.717, 1.165) is 19.5 Å². The molecule has 1 aromatic heterocycles. The van der Waals surface area contributed by atoms with Gasteiger partial charge in [0.2, 0.25) is 0 Å². The fourth-order valence-electron chi connectivity index (χ4n) is 1.59. The van der Waals surface area contributed by atoms with Crippen LogP contribution in [-0.4, -0.2) is 30.8 Å². The third-order valence-corrected chi connectivity index (χ3v) is 2.52. The van der Waals surface area contributed by atoms with Crippen molar-refractivity contribution in [3.8, 4) is 0 Å².